The molecule has 0 N–H and O–H groups in total. The first kappa shape index (κ1) is 12.2. The van der Waals surface area contributed by atoms with Crippen LogP contribution in [0.1, 0.15) is 29.2 Å². The Morgan fingerprint density at radius 3 is 2.18 bits per heavy atom. The normalized spacial score (nSPS) is 14.4. The van der Waals surface area contributed by atoms with Crippen molar-refractivity contribution in [2.24, 2.45) is 0 Å². The monoisotopic (exact) mass is 244 g/mol. The quantitative estimate of drug-likeness (QED) is 0.666. The van der Waals surface area contributed by atoms with E-state index >= 15 is 0 Å². The Morgan fingerprint density at radius 2 is 1.53 bits per heavy atom. The average Bonchev–Trinajstić information content (AvgIpc) is 2.33. The molecule has 0 radical (unpaired) electrons. The fourth-order valence-corrected chi connectivity index (χ4v) is 2.50. The van der Waals surface area contributed by atoms with Gasteiger partial charge in [0.25, 0.3) is 0 Å². The Hall–Kier alpha value is -1.27. The van der Waals surface area contributed by atoms with Crippen LogP contribution in [0.15, 0.2) is 48.5 Å². The van der Waals surface area contributed by atoms with E-state index in [4.69, 9.17) is 11.6 Å². The summed E-state index contributed by atoms with van der Waals surface area (Å²) in [5.74, 6) is 0. The van der Waals surface area contributed by atoms with Crippen LogP contribution in [0.3, 0.4) is 0 Å². The second-order valence-electron chi connectivity index (χ2n) is 4.62. The van der Waals surface area contributed by atoms with E-state index < -0.39 is 4.87 Å². The van der Waals surface area contributed by atoms with Gasteiger partial charge in [0, 0.05) is 0 Å². The summed E-state index contributed by atoms with van der Waals surface area (Å²) in [6.45, 7) is 6.32. The Balaban J connectivity index is 2.56. The summed E-state index contributed by atoms with van der Waals surface area (Å²) in [4.78, 5) is -0.461. The Labute approximate surface area is 108 Å². The number of alkyl halides is 1. The zero-order valence-electron chi connectivity index (χ0n) is 10.5. The summed E-state index contributed by atoms with van der Waals surface area (Å²) in [6, 6.07) is 16.5. The zero-order chi connectivity index (χ0) is 12.5. The van der Waals surface area contributed by atoms with Crippen LogP contribution in [0.4, 0.5) is 0 Å². The molecule has 1 unspecified atom stereocenters. The zero-order valence-corrected chi connectivity index (χ0v) is 11.3. The fraction of sp³-hybridized carbons (Fsp3) is 0.250. The van der Waals surface area contributed by atoms with Crippen molar-refractivity contribution in [3.63, 3.8) is 0 Å². The van der Waals surface area contributed by atoms with Crippen LogP contribution in [0.5, 0.6) is 0 Å². The molecule has 0 aliphatic heterocycles. The second-order valence-corrected chi connectivity index (χ2v) is 5.37. The summed E-state index contributed by atoms with van der Waals surface area (Å²) in [6.07, 6.45) is 0. The van der Waals surface area contributed by atoms with Gasteiger partial charge in [-0.15, -0.1) is 11.6 Å². The van der Waals surface area contributed by atoms with Crippen LogP contribution in [0.25, 0.3) is 0 Å². The van der Waals surface area contributed by atoms with E-state index in [9.17, 15) is 0 Å². The first-order valence-corrected chi connectivity index (χ1v) is 6.22. The van der Waals surface area contributed by atoms with Crippen LogP contribution in [0, 0.1) is 13.8 Å². The van der Waals surface area contributed by atoms with Crippen LogP contribution >= 0.6 is 11.6 Å². The number of aryl methyl sites for hydroxylation is 1. The van der Waals surface area contributed by atoms with Crippen molar-refractivity contribution in [2.45, 2.75) is 25.6 Å². The van der Waals surface area contributed by atoms with Gasteiger partial charge in [0.15, 0.2) is 0 Å². The van der Waals surface area contributed by atoms with Gasteiger partial charge in [-0.2, -0.15) is 0 Å². The van der Waals surface area contributed by atoms with Crippen LogP contribution in [0.2, 0.25) is 0 Å². The molecular formula is C16H17Cl. The third-order valence-electron chi connectivity index (χ3n) is 3.43. The van der Waals surface area contributed by atoms with E-state index in [-0.39, 0.29) is 0 Å². The van der Waals surface area contributed by atoms with Gasteiger partial charge >= 0.3 is 0 Å². The molecule has 2 aromatic rings. The SMILES string of the molecule is Cc1cccc(C(C)(Cl)c2ccccc2)c1C. The molecule has 0 aliphatic carbocycles. The highest BCUT2D eigenvalue weighted by Crippen LogP contribution is 2.38. The molecule has 1 atom stereocenters. The third-order valence-corrected chi connectivity index (χ3v) is 3.85. The molecule has 0 aliphatic rings. The molecule has 0 fully saturated rings. The molecule has 1 heteroatoms. The fourth-order valence-electron chi connectivity index (χ4n) is 2.17. The van der Waals surface area contributed by atoms with Gasteiger partial charge in [0.1, 0.15) is 0 Å². The molecule has 0 nitrogen and oxygen atoms in total. The minimum absolute atomic E-state index is 0.461. The molecule has 0 spiro atoms. The Bertz CT molecular complexity index is 512. The standard InChI is InChI=1S/C16H17Cl/c1-12-8-7-11-15(13(12)2)16(3,17)14-9-5-4-6-10-14/h4-11H,1-3H3. The van der Waals surface area contributed by atoms with Crippen LogP contribution < -0.4 is 0 Å². The van der Waals surface area contributed by atoms with Crippen molar-refractivity contribution in [3.05, 3.63) is 70.8 Å². The molecule has 0 heterocycles. The molecule has 2 rings (SSSR count). The van der Waals surface area contributed by atoms with Crippen molar-refractivity contribution in [2.75, 3.05) is 0 Å². The molecular weight excluding hydrogens is 228 g/mol. The predicted molar refractivity (Wildman–Crippen MR) is 74.7 cm³/mol. The number of rotatable bonds is 2. The van der Waals surface area contributed by atoms with Crippen molar-refractivity contribution < 1.29 is 0 Å². The van der Waals surface area contributed by atoms with E-state index in [0.29, 0.717) is 0 Å². The maximum Gasteiger partial charge on any atom is 0.0918 e. The predicted octanol–water partition coefficient (Wildman–Crippen LogP) is 4.81. The van der Waals surface area contributed by atoms with Crippen molar-refractivity contribution in [1.82, 2.24) is 0 Å². The molecule has 0 saturated heterocycles. The summed E-state index contributed by atoms with van der Waals surface area (Å²) >= 11 is 6.76. The average molecular weight is 245 g/mol. The number of halogens is 1. The highest BCUT2D eigenvalue weighted by atomic mass is 35.5. The molecule has 88 valence electrons. The molecule has 17 heavy (non-hydrogen) atoms. The van der Waals surface area contributed by atoms with Gasteiger partial charge in [0.2, 0.25) is 0 Å². The highest BCUT2D eigenvalue weighted by Gasteiger charge is 2.27. The third kappa shape index (κ3) is 2.23. The van der Waals surface area contributed by atoms with Crippen LogP contribution in [-0.4, -0.2) is 0 Å². The van der Waals surface area contributed by atoms with E-state index in [1.807, 2.05) is 18.2 Å². The minimum atomic E-state index is -0.461. The maximum absolute atomic E-state index is 6.76. The van der Waals surface area contributed by atoms with Crippen LogP contribution in [-0.2, 0) is 4.87 Å². The lowest BCUT2D eigenvalue weighted by Gasteiger charge is -2.26. The van der Waals surface area contributed by atoms with Crippen molar-refractivity contribution in [3.8, 4) is 0 Å². The molecule has 0 saturated carbocycles. The maximum atomic E-state index is 6.76. The van der Waals surface area contributed by atoms with Gasteiger partial charge in [-0.1, -0.05) is 48.5 Å². The van der Waals surface area contributed by atoms with Gasteiger partial charge in [-0.25, -0.2) is 0 Å². The van der Waals surface area contributed by atoms with Crippen molar-refractivity contribution >= 4 is 11.6 Å². The number of benzene rings is 2. The van der Waals surface area contributed by atoms with E-state index in [0.717, 1.165) is 5.56 Å². The summed E-state index contributed by atoms with van der Waals surface area (Å²) in [5, 5.41) is 0. The lowest BCUT2D eigenvalue weighted by molar-refractivity contribution is 0.811. The first-order valence-electron chi connectivity index (χ1n) is 5.84. The smallest absolute Gasteiger partial charge is 0.0918 e. The Morgan fingerprint density at radius 1 is 0.882 bits per heavy atom. The summed E-state index contributed by atoms with van der Waals surface area (Å²) in [5.41, 5.74) is 4.87. The van der Waals surface area contributed by atoms with Crippen molar-refractivity contribution in [1.29, 1.82) is 0 Å². The second kappa shape index (κ2) is 4.54. The van der Waals surface area contributed by atoms with Gasteiger partial charge in [0.05, 0.1) is 4.87 Å². The van der Waals surface area contributed by atoms with Gasteiger partial charge < -0.3 is 0 Å². The van der Waals surface area contributed by atoms with E-state index in [2.05, 4.69) is 51.1 Å². The Kier molecular flexibility index (Phi) is 3.26. The van der Waals surface area contributed by atoms with E-state index in [1.165, 1.54) is 16.7 Å². The highest BCUT2D eigenvalue weighted by molar-refractivity contribution is 6.25. The topological polar surface area (TPSA) is 0 Å². The minimum Gasteiger partial charge on any atom is -0.109 e. The molecule has 0 aromatic heterocycles. The molecule has 2 aromatic carbocycles. The lowest BCUT2D eigenvalue weighted by atomic mass is 9.87. The van der Waals surface area contributed by atoms with Gasteiger partial charge in [-0.05, 0) is 43.0 Å². The largest absolute Gasteiger partial charge is 0.109 e. The molecule has 0 amide bonds. The lowest BCUT2D eigenvalue weighted by Crippen LogP contribution is -2.17. The number of hydrogen-bond donors (Lipinski definition) is 0. The first-order chi connectivity index (χ1) is 8.03. The summed E-state index contributed by atoms with van der Waals surface area (Å²) in [7, 11) is 0. The van der Waals surface area contributed by atoms with Gasteiger partial charge in [-0.3, -0.25) is 0 Å². The van der Waals surface area contributed by atoms with E-state index in [1.54, 1.807) is 0 Å². The molecule has 0 bridgehead atoms. The number of hydrogen-bond acceptors (Lipinski definition) is 0. The summed E-state index contributed by atoms with van der Waals surface area (Å²) < 4.78 is 0.